The molecule has 1 heterocycles. The summed E-state index contributed by atoms with van der Waals surface area (Å²) in [5, 5.41) is 10.1. The molecule has 2 rings (SSSR count). The third-order valence-corrected chi connectivity index (χ3v) is 3.04. The molecule has 0 aliphatic heterocycles. The van der Waals surface area contributed by atoms with Gasteiger partial charge >= 0.3 is 0 Å². The minimum Gasteiger partial charge on any atom is -0.376 e. The highest BCUT2D eigenvalue weighted by Gasteiger charge is 2.05. The SMILES string of the molecule is Cc1c(CNC(=O)CNc2ccccc2)cnn1C. The highest BCUT2D eigenvalue weighted by atomic mass is 16.1. The lowest BCUT2D eigenvalue weighted by Crippen LogP contribution is -2.29. The van der Waals surface area contributed by atoms with Crippen LogP contribution in [0.5, 0.6) is 0 Å². The van der Waals surface area contributed by atoms with E-state index < -0.39 is 0 Å². The van der Waals surface area contributed by atoms with Crippen LogP contribution in [0.25, 0.3) is 0 Å². The lowest BCUT2D eigenvalue weighted by Gasteiger charge is -2.07. The third-order valence-electron chi connectivity index (χ3n) is 3.04. The van der Waals surface area contributed by atoms with Gasteiger partial charge in [-0.3, -0.25) is 9.48 Å². The van der Waals surface area contributed by atoms with Crippen molar-refractivity contribution in [3.63, 3.8) is 0 Å². The number of nitrogens with zero attached hydrogens (tertiary/aromatic N) is 2. The van der Waals surface area contributed by atoms with Crippen LogP contribution in [0.4, 0.5) is 5.69 Å². The first-order chi connectivity index (χ1) is 9.16. The minimum absolute atomic E-state index is 0.0351. The normalized spacial score (nSPS) is 10.2. The number of benzene rings is 1. The van der Waals surface area contributed by atoms with Gasteiger partial charge in [-0.1, -0.05) is 18.2 Å². The predicted octanol–water partition coefficient (Wildman–Crippen LogP) is 1.46. The molecule has 0 spiro atoms. The van der Waals surface area contributed by atoms with Gasteiger partial charge in [0, 0.05) is 30.5 Å². The number of hydrogen-bond donors (Lipinski definition) is 2. The van der Waals surface area contributed by atoms with E-state index in [1.807, 2.05) is 44.3 Å². The van der Waals surface area contributed by atoms with Gasteiger partial charge in [-0.05, 0) is 19.1 Å². The summed E-state index contributed by atoms with van der Waals surface area (Å²) in [7, 11) is 1.89. The van der Waals surface area contributed by atoms with E-state index >= 15 is 0 Å². The van der Waals surface area contributed by atoms with Crippen LogP contribution in [-0.4, -0.2) is 22.2 Å². The summed E-state index contributed by atoms with van der Waals surface area (Å²) in [6.07, 6.45) is 1.78. The Morgan fingerprint density at radius 1 is 1.32 bits per heavy atom. The quantitative estimate of drug-likeness (QED) is 0.853. The Labute approximate surface area is 112 Å². The lowest BCUT2D eigenvalue weighted by molar-refractivity contribution is -0.119. The van der Waals surface area contributed by atoms with E-state index in [1.165, 1.54) is 0 Å². The second kappa shape index (κ2) is 6.04. The van der Waals surface area contributed by atoms with Gasteiger partial charge in [0.15, 0.2) is 0 Å². The second-order valence-corrected chi connectivity index (χ2v) is 4.38. The van der Waals surface area contributed by atoms with E-state index in [2.05, 4.69) is 15.7 Å². The Morgan fingerprint density at radius 3 is 2.68 bits per heavy atom. The van der Waals surface area contributed by atoms with Crippen LogP contribution in [0.15, 0.2) is 36.5 Å². The summed E-state index contributed by atoms with van der Waals surface area (Å²) >= 11 is 0. The van der Waals surface area contributed by atoms with Crippen LogP contribution in [0, 0.1) is 6.92 Å². The Morgan fingerprint density at radius 2 is 2.05 bits per heavy atom. The van der Waals surface area contributed by atoms with Gasteiger partial charge < -0.3 is 10.6 Å². The Hall–Kier alpha value is -2.30. The Balaban J connectivity index is 1.78. The largest absolute Gasteiger partial charge is 0.376 e. The minimum atomic E-state index is -0.0351. The van der Waals surface area contributed by atoms with Crippen molar-refractivity contribution in [1.29, 1.82) is 0 Å². The average molecular weight is 258 g/mol. The van der Waals surface area contributed by atoms with Crippen molar-refractivity contribution in [2.45, 2.75) is 13.5 Å². The van der Waals surface area contributed by atoms with E-state index in [4.69, 9.17) is 0 Å². The molecule has 0 saturated carbocycles. The molecule has 1 aromatic carbocycles. The molecular formula is C14H18N4O. The van der Waals surface area contributed by atoms with E-state index in [-0.39, 0.29) is 12.5 Å². The summed E-state index contributed by atoms with van der Waals surface area (Å²) < 4.78 is 1.80. The molecule has 5 heteroatoms. The van der Waals surface area contributed by atoms with Crippen LogP contribution < -0.4 is 10.6 Å². The number of aromatic nitrogens is 2. The number of aryl methyl sites for hydroxylation is 1. The molecule has 0 unspecified atom stereocenters. The third kappa shape index (κ3) is 3.58. The molecule has 1 aromatic heterocycles. The molecule has 2 aromatic rings. The molecule has 0 bridgehead atoms. The molecule has 19 heavy (non-hydrogen) atoms. The highest BCUT2D eigenvalue weighted by Crippen LogP contribution is 2.05. The number of amides is 1. The summed E-state index contributed by atoms with van der Waals surface area (Å²) in [6, 6.07) is 9.66. The van der Waals surface area contributed by atoms with Crippen molar-refractivity contribution >= 4 is 11.6 Å². The van der Waals surface area contributed by atoms with E-state index in [9.17, 15) is 4.79 Å². The fourth-order valence-electron chi connectivity index (χ4n) is 1.71. The molecule has 0 radical (unpaired) electrons. The predicted molar refractivity (Wildman–Crippen MR) is 74.7 cm³/mol. The van der Waals surface area contributed by atoms with Gasteiger partial charge in [-0.15, -0.1) is 0 Å². The average Bonchev–Trinajstić information content (AvgIpc) is 2.75. The molecular weight excluding hydrogens is 240 g/mol. The topological polar surface area (TPSA) is 59.0 Å². The number of anilines is 1. The van der Waals surface area contributed by atoms with Crippen molar-refractivity contribution in [1.82, 2.24) is 15.1 Å². The van der Waals surface area contributed by atoms with E-state index in [0.717, 1.165) is 16.9 Å². The smallest absolute Gasteiger partial charge is 0.239 e. The maximum atomic E-state index is 11.7. The van der Waals surface area contributed by atoms with Gasteiger partial charge in [-0.25, -0.2) is 0 Å². The van der Waals surface area contributed by atoms with E-state index in [1.54, 1.807) is 10.9 Å². The summed E-state index contributed by atoms with van der Waals surface area (Å²) in [5.74, 6) is -0.0351. The standard InChI is InChI=1S/C14H18N4O/c1-11-12(9-17-18(11)2)8-16-14(19)10-15-13-6-4-3-5-7-13/h3-7,9,15H,8,10H2,1-2H3,(H,16,19). The molecule has 1 amide bonds. The molecule has 5 nitrogen and oxygen atoms in total. The van der Waals surface area contributed by atoms with Crippen molar-refractivity contribution < 1.29 is 4.79 Å². The van der Waals surface area contributed by atoms with Gasteiger partial charge in [0.25, 0.3) is 0 Å². The van der Waals surface area contributed by atoms with Crippen molar-refractivity contribution in [2.75, 3.05) is 11.9 Å². The molecule has 2 N–H and O–H groups in total. The molecule has 0 aliphatic carbocycles. The van der Waals surface area contributed by atoms with Crippen LogP contribution >= 0.6 is 0 Å². The van der Waals surface area contributed by atoms with Crippen LogP contribution in [0.3, 0.4) is 0 Å². The fraction of sp³-hybridized carbons (Fsp3) is 0.286. The molecule has 0 aliphatic rings. The van der Waals surface area contributed by atoms with Gasteiger partial charge in [0.2, 0.25) is 5.91 Å². The summed E-state index contributed by atoms with van der Waals surface area (Å²) in [6.45, 7) is 2.76. The summed E-state index contributed by atoms with van der Waals surface area (Å²) in [5.41, 5.74) is 3.04. The number of carbonyl (C=O) groups excluding carboxylic acids is 1. The number of rotatable bonds is 5. The first kappa shape index (κ1) is 13.1. The molecule has 0 saturated heterocycles. The van der Waals surface area contributed by atoms with Gasteiger partial charge in [0.05, 0.1) is 12.7 Å². The molecule has 100 valence electrons. The summed E-state index contributed by atoms with van der Waals surface area (Å²) in [4.78, 5) is 11.7. The number of para-hydroxylation sites is 1. The van der Waals surface area contributed by atoms with Crippen LogP contribution in [0.1, 0.15) is 11.3 Å². The second-order valence-electron chi connectivity index (χ2n) is 4.38. The monoisotopic (exact) mass is 258 g/mol. The fourth-order valence-corrected chi connectivity index (χ4v) is 1.71. The van der Waals surface area contributed by atoms with Crippen molar-refractivity contribution in [3.05, 3.63) is 47.8 Å². The van der Waals surface area contributed by atoms with Gasteiger partial charge in [0.1, 0.15) is 0 Å². The first-order valence-corrected chi connectivity index (χ1v) is 6.20. The maximum Gasteiger partial charge on any atom is 0.239 e. The van der Waals surface area contributed by atoms with Crippen LogP contribution in [-0.2, 0) is 18.4 Å². The van der Waals surface area contributed by atoms with Crippen molar-refractivity contribution in [2.24, 2.45) is 7.05 Å². The highest BCUT2D eigenvalue weighted by molar-refractivity contribution is 5.80. The Bertz CT molecular complexity index is 548. The molecule has 0 fully saturated rings. The van der Waals surface area contributed by atoms with Crippen molar-refractivity contribution in [3.8, 4) is 0 Å². The zero-order valence-corrected chi connectivity index (χ0v) is 11.2. The lowest BCUT2D eigenvalue weighted by atomic mass is 10.2. The zero-order valence-electron chi connectivity index (χ0n) is 11.2. The van der Waals surface area contributed by atoms with Crippen LogP contribution in [0.2, 0.25) is 0 Å². The Kier molecular flexibility index (Phi) is 4.18. The van der Waals surface area contributed by atoms with Gasteiger partial charge in [-0.2, -0.15) is 5.10 Å². The van der Waals surface area contributed by atoms with E-state index in [0.29, 0.717) is 6.54 Å². The number of carbonyl (C=O) groups is 1. The molecule has 0 atom stereocenters. The first-order valence-electron chi connectivity index (χ1n) is 6.20. The zero-order chi connectivity index (χ0) is 13.7. The maximum absolute atomic E-state index is 11.7. The number of nitrogens with one attached hydrogen (secondary N) is 2. The number of hydrogen-bond acceptors (Lipinski definition) is 3.